The second-order valence-electron chi connectivity index (χ2n) is 6.30. The van der Waals surface area contributed by atoms with Gasteiger partial charge >= 0.3 is 0 Å². The van der Waals surface area contributed by atoms with E-state index >= 15 is 0 Å². The van der Waals surface area contributed by atoms with Gasteiger partial charge < -0.3 is 14.1 Å². The average molecular weight is 365 g/mol. The predicted molar refractivity (Wildman–Crippen MR) is 104 cm³/mol. The van der Waals surface area contributed by atoms with Crippen LogP contribution in [0.1, 0.15) is 43.7 Å². The number of nitrogens with zero attached hydrogens (tertiary/aromatic N) is 3. The molecule has 0 saturated carbocycles. The van der Waals surface area contributed by atoms with Crippen molar-refractivity contribution in [1.29, 1.82) is 0 Å². The summed E-state index contributed by atoms with van der Waals surface area (Å²) in [4.78, 5) is 9.58. The summed E-state index contributed by atoms with van der Waals surface area (Å²) < 4.78 is 10.6. The molecular formula is C21H23N3O3. The van der Waals surface area contributed by atoms with Crippen molar-refractivity contribution < 1.29 is 14.1 Å². The van der Waals surface area contributed by atoms with E-state index in [2.05, 4.69) is 41.3 Å². The summed E-state index contributed by atoms with van der Waals surface area (Å²) in [6, 6.07) is 15.7. The largest absolute Gasteiger partial charge is 0.494 e. The van der Waals surface area contributed by atoms with Gasteiger partial charge in [0.25, 0.3) is 5.89 Å². The van der Waals surface area contributed by atoms with E-state index in [1.807, 2.05) is 43.3 Å². The molecule has 0 fully saturated rings. The Labute approximate surface area is 158 Å². The Bertz CT molecular complexity index is 868. The molecule has 1 heterocycles. The zero-order chi connectivity index (χ0) is 19.1. The minimum absolute atomic E-state index is 0.116. The van der Waals surface area contributed by atoms with E-state index in [9.17, 15) is 0 Å². The van der Waals surface area contributed by atoms with Crippen molar-refractivity contribution in [1.82, 2.24) is 10.1 Å². The lowest BCUT2D eigenvalue weighted by Crippen LogP contribution is -1.92. The third-order valence-corrected chi connectivity index (χ3v) is 3.96. The normalized spacial score (nSPS) is 11.3. The molecule has 27 heavy (non-hydrogen) atoms. The molecule has 0 unspecified atom stereocenters. The Balaban J connectivity index is 1.53. The lowest BCUT2D eigenvalue weighted by molar-refractivity contribution is 0.107. The van der Waals surface area contributed by atoms with Crippen molar-refractivity contribution in [2.45, 2.75) is 33.3 Å². The molecule has 3 aromatic rings. The van der Waals surface area contributed by atoms with Crippen LogP contribution in [0.2, 0.25) is 0 Å². The maximum Gasteiger partial charge on any atom is 0.267 e. The molecule has 1 aromatic heterocycles. The van der Waals surface area contributed by atoms with Gasteiger partial charge in [0.15, 0.2) is 6.61 Å². The molecule has 0 atom stereocenters. The second-order valence-corrected chi connectivity index (χ2v) is 6.30. The predicted octanol–water partition coefficient (Wildman–Crippen LogP) is 4.81. The lowest BCUT2D eigenvalue weighted by atomic mass is 10.0. The molecule has 140 valence electrons. The number of hydrogen-bond donors (Lipinski definition) is 0. The first-order chi connectivity index (χ1) is 13.2. The molecule has 0 amide bonds. The highest BCUT2D eigenvalue weighted by Crippen LogP contribution is 2.20. The SMILES string of the molecule is CCOc1ccc(/C=N\OCc2nc(-c3ccc(C(C)C)cc3)no2)cc1. The van der Waals surface area contributed by atoms with Crippen molar-refractivity contribution in [3.8, 4) is 17.1 Å². The first-order valence-corrected chi connectivity index (χ1v) is 8.97. The Morgan fingerprint density at radius 2 is 1.81 bits per heavy atom. The van der Waals surface area contributed by atoms with Crippen LogP contribution in [-0.4, -0.2) is 23.0 Å². The summed E-state index contributed by atoms with van der Waals surface area (Å²) in [6.07, 6.45) is 1.62. The van der Waals surface area contributed by atoms with Crippen LogP contribution in [0.15, 0.2) is 58.2 Å². The van der Waals surface area contributed by atoms with E-state index in [1.165, 1.54) is 5.56 Å². The number of hydrogen-bond acceptors (Lipinski definition) is 6. The number of ether oxygens (including phenoxy) is 1. The second kappa shape index (κ2) is 8.98. The minimum atomic E-state index is 0.116. The maximum atomic E-state index is 5.40. The number of aromatic nitrogens is 2. The minimum Gasteiger partial charge on any atom is -0.494 e. The van der Waals surface area contributed by atoms with Crippen LogP contribution < -0.4 is 4.74 Å². The quantitative estimate of drug-likeness (QED) is 0.423. The zero-order valence-electron chi connectivity index (χ0n) is 15.8. The summed E-state index contributed by atoms with van der Waals surface area (Å²) in [5.41, 5.74) is 3.09. The molecule has 0 aliphatic rings. The van der Waals surface area contributed by atoms with Crippen LogP contribution in [-0.2, 0) is 11.4 Å². The highest BCUT2D eigenvalue weighted by Gasteiger charge is 2.09. The van der Waals surface area contributed by atoms with Crippen LogP contribution in [0.25, 0.3) is 11.4 Å². The Hall–Kier alpha value is -3.15. The Morgan fingerprint density at radius 1 is 1.07 bits per heavy atom. The summed E-state index contributed by atoms with van der Waals surface area (Å²) in [6.45, 7) is 7.03. The molecule has 0 saturated heterocycles. The summed E-state index contributed by atoms with van der Waals surface area (Å²) in [5, 5.41) is 7.93. The molecule has 0 N–H and O–H groups in total. The van der Waals surface area contributed by atoms with Gasteiger partial charge in [-0.25, -0.2) is 0 Å². The van der Waals surface area contributed by atoms with E-state index in [4.69, 9.17) is 14.1 Å². The first-order valence-electron chi connectivity index (χ1n) is 8.97. The van der Waals surface area contributed by atoms with E-state index < -0.39 is 0 Å². The van der Waals surface area contributed by atoms with Gasteiger partial charge in [-0.3, -0.25) is 0 Å². The molecule has 0 spiro atoms. The number of oxime groups is 1. The fraction of sp³-hybridized carbons (Fsp3) is 0.286. The Kier molecular flexibility index (Phi) is 6.20. The third kappa shape index (κ3) is 5.17. The molecule has 6 heteroatoms. The molecule has 0 aliphatic heterocycles. The molecular weight excluding hydrogens is 342 g/mol. The standard InChI is InChI=1S/C21H23N3O3/c1-4-25-19-11-5-16(6-12-19)13-22-26-14-20-23-21(24-27-20)18-9-7-17(8-10-18)15(2)3/h5-13,15H,4,14H2,1-3H3/b22-13-. The Morgan fingerprint density at radius 3 is 2.48 bits per heavy atom. The van der Waals surface area contributed by atoms with Crippen molar-refractivity contribution >= 4 is 6.21 Å². The van der Waals surface area contributed by atoms with E-state index in [1.54, 1.807) is 6.21 Å². The molecule has 0 radical (unpaired) electrons. The van der Waals surface area contributed by atoms with Crippen molar-refractivity contribution in [2.24, 2.45) is 5.16 Å². The van der Waals surface area contributed by atoms with Crippen molar-refractivity contribution in [3.63, 3.8) is 0 Å². The third-order valence-electron chi connectivity index (χ3n) is 3.96. The summed E-state index contributed by atoms with van der Waals surface area (Å²) in [7, 11) is 0. The van der Waals surface area contributed by atoms with Crippen molar-refractivity contribution in [3.05, 3.63) is 65.5 Å². The first kappa shape index (κ1) is 18.6. The van der Waals surface area contributed by atoms with Gasteiger partial charge in [0, 0.05) is 5.56 Å². The van der Waals surface area contributed by atoms with Crippen LogP contribution >= 0.6 is 0 Å². The highest BCUT2D eigenvalue weighted by atomic mass is 16.6. The van der Waals surface area contributed by atoms with Gasteiger partial charge in [0.2, 0.25) is 5.82 Å². The van der Waals surface area contributed by atoms with Gasteiger partial charge in [-0.15, -0.1) is 0 Å². The van der Waals surface area contributed by atoms with Crippen molar-refractivity contribution in [2.75, 3.05) is 6.61 Å². The summed E-state index contributed by atoms with van der Waals surface area (Å²) in [5.74, 6) is 2.23. The van der Waals surface area contributed by atoms with E-state index in [0.29, 0.717) is 24.2 Å². The topological polar surface area (TPSA) is 69.7 Å². The van der Waals surface area contributed by atoms with Crippen LogP contribution in [0, 0.1) is 0 Å². The highest BCUT2D eigenvalue weighted by molar-refractivity contribution is 5.79. The number of rotatable bonds is 8. The van der Waals surface area contributed by atoms with E-state index in [-0.39, 0.29) is 6.61 Å². The molecule has 3 rings (SSSR count). The van der Waals surface area contributed by atoms with Gasteiger partial charge in [-0.1, -0.05) is 48.4 Å². The van der Waals surface area contributed by atoms with Gasteiger partial charge in [-0.05, 0) is 48.2 Å². The van der Waals surface area contributed by atoms with Gasteiger partial charge in [0.05, 0.1) is 12.8 Å². The zero-order valence-corrected chi connectivity index (χ0v) is 15.8. The smallest absolute Gasteiger partial charge is 0.267 e. The van der Waals surface area contributed by atoms with Crippen LogP contribution in [0.3, 0.4) is 0 Å². The monoisotopic (exact) mass is 365 g/mol. The van der Waals surface area contributed by atoms with Gasteiger partial charge in [-0.2, -0.15) is 4.98 Å². The molecule has 6 nitrogen and oxygen atoms in total. The number of benzene rings is 2. The maximum absolute atomic E-state index is 5.40. The van der Waals surface area contributed by atoms with Crippen LogP contribution in [0.4, 0.5) is 0 Å². The fourth-order valence-electron chi connectivity index (χ4n) is 2.46. The molecule has 2 aromatic carbocycles. The van der Waals surface area contributed by atoms with E-state index in [0.717, 1.165) is 16.9 Å². The fourth-order valence-corrected chi connectivity index (χ4v) is 2.46. The molecule has 0 aliphatic carbocycles. The van der Waals surface area contributed by atoms with Gasteiger partial charge in [0.1, 0.15) is 5.75 Å². The molecule has 0 bridgehead atoms. The average Bonchev–Trinajstić information content (AvgIpc) is 3.16. The summed E-state index contributed by atoms with van der Waals surface area (Å²) >= 11 is 0. The lowest BCUT2D eigenvalue weighted by Gasteiger charge is -2.04. The van der Waals surface area contributed by atoms with Crippen LogP contribution in [0.5, 0.6) is 5.75 Å².